The molecular weight excluding hydrogens is 672 g/mol. The fraction of sp³-hybridized carbons (Fsp3) is 0.444. The molecule has 15 heteroatoms. The van der Waals surface area contributed by atoms with Crippen molar-refractivity contribution in [3.8, 4) is 0 Å². The van der Waals surface area contributed by atoms with Crippen LogP contribution in [0.1, 0.15) is 58.1 Å². The van der Waals surface area contributed by atoms with Crippen LogP contribution in [0, 0.1) is 5.92 Å². The Morgan fingerprint density at radius 3 is 2.55 bits per heavy atom. The van der Waals surface area contributed by atoms with Crippen LogP contribution in [-0.4, -0.2) is 70.5 Å². The maximum absolute atomic E-state index is 13.0. The number of imidazole rings is 1. The SMILES string of the molecule is C[C@@H]1CN(c2ncc(Cl)c(Nc3ccc4c(c3)n(CCC(C)(C)O)c(=O)n4C)n2)CC[C@H]1Nc1ccc2c(C3CCC(=O)NC3=O)nn(C)c2c1. The summed E-state index contributed by atoms with van der Waals surface area (Å²) in [5.74, 6) is 0.335. The van der Waals surface area contributed by atoms with Crippen molar-refractivity contribution in [3.05, 3.63) is 63.8 Å². The molecule has 2 amide bonds. The van der Waals surface area contributed by atoms with E-state index >= 15 is 0 Å². The Bertz CT molecular complexity index is 2220. The molecule has 3 atom stereocenters. The second-order valence-electron chi connectivity index (χ2n) is 14.5. The first-order valence-electron chi connectivity index (χ1n) is 17.3. The topological polar surface area (TPSA) is 164 Å². The number of aryl methyl sites for hydroxylation is 3. The lowest BCUT2D eigenvalue weighted by Gasteiger charge is -2.37. The van der Waals surface area contributed by atoms with Crippen LogP contribution in [0.5, 0.6) is 0 Å². The number of hydrogen-bond donors (Lipinski definition) is 4. The van der Waals surface area contributed by atoms with Crippen LogP contribution in [-0.2, 0) is 30.2 Å². The number of imide groups is 1. The van der Waals surface area contributed by atoms with Crippen LogP contribution >= 0.6 is 11.6 Å². The highest BCUT2D eigenvalue weighted by Crippen LogP contribution is 2.33. The molecule has 2 aliphatic rings. The highest BCUT2D eigenvalue weighted by atomic mass is 35.5. The van der Waals surface area contributed by atoms with E-state index in [1.54, 1.807) is 40.9 Å². The Balaban J connectivity index is 1.04. The predicted octanol–water partition coefficient (Wildman–Crippen LogP) is 4.42. The Morgan fingerprint density at radius 1 is 1.04 bits per heavy atom. The van der Waals surface area contributed by atoms with Gasteiger partial charge in [0.15, 0.2) is 5.82 Å². The fourth-order valence-corrected chi connectivity index (χ4v) is 7.31. The molecule has 0 aliphatic carbocycles. The van der Waals surface area contributed by atoms with Gasteiger partial charge >= 0.3 is 5.69 Å². The second kappa shape index (κ2) is 13.3. The van der Waals surface area contributed by atoms with Crippen molar-refractivity contribution in [3.63, 3.8) is 0 Å². The van der Waals surface area contributed by atoms with E-state index in [4.69, 9.17) is 16.6 Å². The molecule has 5 heterocycles. The molecule has 2 aliphatic heterocycles. The summed E-state index contributed by atoms with van der Waals surface area (Å²) in [7, 11) is 3.61. The van der Waals surface area contributed by atoms with E-state index in [1.165, 1.54) is 0 Å². The Hall–Kier alpha value is -4.95. The molecule has 2 saturated heterocycles. The summed E-state index contributed by atoms with van der Waals surface area (Å²) in [6.45, 7) is 7.52. The molecule has 1 unspecified atom stereocenters. The molecule has 51 heavy (non-hydrogen) atoms. The van der Waals surface area contributed by atoms with E-state index in [2.05, 4.69) is 43.9 Å². The molecule has 3 aromatic heterocycles. The molecule has 4 N–H and O–H groups in total. The highest BCUT2D eigenvalue weighted by Gasteiger charge is 2.32. The third kappa shape index (κ3) is 6.89. The maximum atomic E-state index is 13.0. The van der Waals surface area contributed by atoms with Gasteiger partial charge in [-0.1, -0.05) is 18.5 Å². The van der Waals surface area contributed by atoms with Gasteiger partial charge in [0.2, 0.25) is 17.8 Å². The van der Waals surface area contributed by atoms with Crippen molar-refractivity contribution in [1.29, 1.82) is 0 Å². The number of aliphatic hydroxyl groups is 1. The summed E-state index contributed by atoms with van der Waals surface area (Å²) in [4.78, 5) is 48.7. The molecule has 5 aromatic rings. The number of nitrogens with zero attached hydrogens (tertiary/aromatic N) is 7. The average molecular weight is 715 g/mol. The Morgan fingerprint density at radius 2 is 1.80 bits per heavy atom. The smallest absolute Gasteiger partial charge is 0.328 e. The summed E-state index contributed by atoms with van der Waals surface area (Å²) in [6.07, 6.45) is 3.66. The van der Waals surface area contributed by atoms with Crippen LogP contribution in [0.3, 0.4) is 0 Å². The number of rotatable bonds is 9. The molecule has 0 radical (unpaired) electrons. The molecule has 2 fully saturated rings. The normalized spacial score (nSPS) is 19.9. The number of piperidine rings is 2. The summed E-state index contributed by atoms with van der Waals surface area (Å²) in [6, 6.07) is 12.0. The van der Waals surface area contributed by atoms with Gasteiger partial charge in [-0.2, -0.15) is 10.1 Å². The fourth-order valence-electron chi connectivity index (χ4n) is 7.17. The van der Waals surface area contributed by atoms with Gasteiger partial charge in [-0.3, -0.25) is 28.7 Å². The van der Waals surface area contributed by atoms with Crippen LogP contribution < -0.4 is 26.5 Å². The van der Waals surface area contributed by atoms with Crippen LogP contribution in [0.25, 0.3) is 21.9 Å². The minimum Gasteiger partial charge on any atom is -0.390 e. The summed E-state index contributed by atoms with van der Waals surface area (Å²) in [5.41, 5.74) is 3.82. The van der Waals surface area contributed by atoms with Gasteiger partial charge in [0, 0.05) is 63.0 Å². The third-order valence-corrected chi connectivity index (χ3v) is 10.4. The van der Waals surface area contributed by atoms with Crippen molar-refractivity contribution in [1.82, 2.24) is 34.2 Å². The van der Waals surface area contributed by atoms with Gasteiger partial charge in [-0.05, 0) is 75.4 Å². The Kier molecular flexibility index (Phi) is 9.00. The first kappa shape index (κ1) is 34.5. The van der Waals surface area contributed by atoms with Gasteiger partial charge in [0.05, 0.1) is 40.0 Å². The van der Waals surface area contributed by atoms with Crippen molar-refractivity contribution in [2.75, 3.05) is 28.6 Å². The van der Waals surface area contributed by atoms with E-state index in [9.17, 15) is 19.5 Å². The second-order valence-corrected chi connectivity index (χ2v) is 14.9. The molecule has 0 spiro atoms. The first-order valence-corrected chi connectivity index (χ1v) is 17.7. The van der Waals surface area contributed by atoms with Gasteiger partial charge in [0.1, 0.15) is 5.02 Å². The van der Waals surface area contributed by atoms with Gasteiger partial charge in [0.25, 0.3) is 0 Å². The zero-order valence-electron chi connectivity index (χ0n) is 29.4. The molecule has 2 aromatic carbocycles. The van der Waals surface area contributed by atoms with Gasteiger partial charge < -0.3 is 20.6 Å². The maximum Gasteiger partial charge on any atom is 0.328 e. The molecular formula is C36H43ClN10O4. The number of amides is 2. The van der Waals surface area contributed by atoms with E-state index in [0.717, 1.165) is 52.8 Å². The number of nitrogens with one attached hydrogen (secondary N) is 3. The first-order chi connectivity index (χ1) is 24.3. The molecule has 14 nitrogen and oxygen atoms in total. The van der Waals surface area contributed by atoms with Gasteiger partial charge in [-0.25, -0.2) is 9.78 Å². The highest BCUT2D eigenvalue weighted by molar-refractivity contribution is 6.33. The Labute approximate surface area is 299 Å². The summed E-state index contributed by atoms with van der Waals surface area (Å²) < 4.78 is 5.08. The third-order valence-electron chi connectivity index (χ3n) is 10.1. The lowest BCUT2D eigenvalue weighted by Crippen LogP contribution is -2.46. The minimum absolute atomic E-state index is 0.141. The number of benzene rings is 2. The molecule has 7 rings (SSSR count). The van der Waals surface area contributed by atoms with E-state index in [1.807, 2.05) is 37.4 Å². The van der Waals surface area contributed by atoms with Gasteiger partial charge in [-0.15, -0.1) is 0 Å². The van der Waals surface area contributed by atoms with Crippen LogP contribution in [0.4, 0.5) is 23.1 Å². The average Bonchev–Trinajstić information content (AvgIpc) is 3.52. The molecule has 0 bridgehead atoms. The van der Waals surface area contributed by atoms with Crippen molar-refractivity contribution < 1.29 is 14.7 Å². The van der Waals surface area contributed by atoms with E-state index in [-0.39, 0.29) is 29.5 Å². The minimum atomic E-state index is -0.899. The number of anilines is 4. The van der Waals surface area contributed by atoms with Crippen molar-refractivity contribution >= 4 is 68.5 Å². The number of halogens is 1. The monoisotopic (exact) mass is 714 g/mol. The lowest BCUT2D eigenvalue weighted by molar-refractivity contribution is -0.134. The van der Waals surface area contributed by atoms with Crippen LogP contribution in [0.2, 0.25) is 5.02 Å². The standard InChI is InChI=1S/C36H43ClN10O4/c1-20-19-46(14-12-26(20)39-21-6-8-23-28(16-21)45(5)43-31(23)24-9-11-30(48)41-33(24)49)34-38-18-25(37)32(42-34)40-22-7-10-27-29(17-22)47(35(50)44(27)4)15-13-36(2,3)51/h6-8,10,16-18,20,24,26,39,51H,9,11-15,19H2,1-5H3,(H,38,40,42)(H,41,48,49)/t20-,24?,26-/m1/s1. The lowest BCUT2D eigenvalue weighted by atomic mass is 9.92. The predicted molar refractivity (Wildman–Crippen MR) is 198 cm³/mol. The number of carbonyl (C=O) groups excluding carboxylic acids is 2. The van der Waals surface area contributed by atoms with Crippen molar-refractivity contribution in [2.24, 2.45) is 20.0 Å². The van der Waals surface area contributed by atoms with E-state index in [0.29, 0.717) is 48.3 Å². The number of aromatic nitrogens is 6. The number of fused-ring (bicyclic) bond motifs is 2. The largest absolute Gasteiger partial charge is 0.390 e. The molecule has 0 saturated carbocycles. The zero-order chi connectivity index (χ0) is 36.2. The summed E-state index contributed by atoms with van der Waals surface area (Å²) in [5, 5.41) is 25.7. The van der Waals surface area contributed by atoms with Crippen LogP contribution in [0.15, 0.2) is 47.4 Å². The van der Waals surface area contributed by atoms with Crippen molar-refractivity contribution in [2.45, 2.75) is 70.6 Å². The number of hydrogen-bond acceptors (Lipinski definition) is 10. The van der Waals surface area contributed by atoms with E-state index < -0.39 is 11.5 Å². The zero-order valence-corrected chi connectivity index (χ0v) is 30.2. The summed E-state index contributed by atoms with van der Waals surface area (Å²) >= 11 is 6.57. The number of carbonyl (C=O) groups is 2. The quantitative estimate of drug-likeness (QED) is 0.161. The molecule has 268 valence electrons.